The fraction of sp³-hybridized carbons (Fsp3) is 0.444. The number of likely N-dealkylation sites (tertiary alicyclic amines) is 1. The number of benzene rings is 2. The monoisotopic (exact) mass is 558 g/mol. The highest BCUT2D eigenvalue weighted by molar-refractivity contribution is 7.89. The first-order valence-electron chi connectivity index (χ1n) is 12.9. The molecule has 2 aromatic carbocycles. The van der Waals surface area contributed by atoms with Crippen LogP contribution in [0.1, 0.15) is 37.3 Å². The van der Waals surface area contributed by atoms with E-state index in [1.54, 1.807) is 34.6 Å². The molecule has 2 unspecified atom stereocenters. The minimum Gasteiger partial charge on any atom is -0.463 e. The minimum absolute atomic E-state index is 0.166. The first-order chi connectivity index (χ1) is 18.6. The van der Waals surface area contributed by atoms with E-state index < -0.39 is 34.2 Å². The Morgan fingerprint density at radius 3 is 2.46 bits per heavy atom. The fourth-order valence-electron chi connectivity index (χ4n) is 5.28. The lowest BCUT2D eigenvalue weighted by Gasteiger charge is -2.30. The summed E-state index contributed by atoms with van der Waals surface area (Å²) in [5, 5.41) is 12.0. The van der Waals surface area contributed by atoms with Gasteiger partial charge in [0, 0.05) is 25.2 Å². The number of hydroxylamine groups is 1. The van der Waals surface area contributed by atoms with Crippen molar-refractivity contribution in [3.8, 4) is 0 Å². The second-order valence-electron chi connectivity index (χ2n) is 10.1. The number of amides is 2. The van der Waals surface area contributed by atoms with Gasteiger partial charge in [0.25, 0.3) is 0 Å². The Morgan fingerprint density at radius 2 is 1.79 bits per heavy atom. The van der Waals surface area contributed by atoms with Crippen LogP contribution < -0.4 is 10.8 Å². The third-order valence-corrected chi connectivity index (χ3v) is 9.14. The SMILES string of the molecule is Cc1ccc(S(=O)(=O)N2CCC[C@H]2C(=O)N2CC(N[C@@H](Cc3ccccc3)C(=O)ONC(=O)O)CC2C)cc1. The lowest BCUT2D eigenvalue weighted by molar-refractivity contribution is -0.152. The Hall–Kier alpha value is -3.48. The van der Waals surface area contributed by atoms with E-state index in [-0.39, 0.29) is 42.4 Å². The number of sulfonamides is 1. The summed E-state index contributed by atoms with van der Waals surface area (Å²) in [5.41, 5.74) is 3.44. The Bertz CT molecular complexity index is 1290. The van der Waals surface area contributed by atoms with Gasteiger partial charge in [-0.2, -0.15) is 4.31 Å². The topological polar surface area (TPSA) is 145 Å². The van der Waals surface area contributed by atoms with Crippen molar-refractivity contribution < 1.29 is 32.7 Å². The second-order valence-corrected chi connectivity index (χ2v) is 12.0. The van der Waals surface area contributed by atoms with E-state index in [0.29, 0.717) is 19.3 Å². The van der Waals surface area contributed by atoms with Gasteiger partial charge in [-0.1, -0.05) is 48.0 Å². The van der Waals surface area contributed by atoms with Gasteiger partial charge in [0.15, 0.2) is 0 Å². The van der Waals surface area contributed by atoms with E-state index in [2.05, 4.69) is 5.32 Å². The van der Waals surface area contributed by atoms with E-state index >= 15 is 0 Å². The number of nitrogens with zero attached hydrogens (tertiary/aromatic N) is 2. The van der Waals surface area contributed by atoms with Gasteiger partial charge in [-0.15, -0.1) is 5.48 Å². The van der Waals surface area contributed by atoms with Crippen LogP contribution in [0.25, 0.3) is 0 Å². The smallest absolute Gasteiger partial charge is 0.438 e. The average Bonchev–Trinajstić information content (AvgIpc) is 3.55. The van der Waals surface area contributed by atoms with E-state index in [1.165, 1.54) is 4.31 Å². The van der Waals surface area contributed by atoms with E-state index in [0.717, 1.165) is 11.1 Å². The van der Waals surface area contributed by atoms with Crippen molar-refractivity contribution in [1.82, 2.24) is 20.0 Å². The largest absolute Gasteiger partial charge is 0.463 e. The maximum Gasteiger partial charge on any atom is 0.438 e. The van der Waals surface area contributed by atoms with Crippen LogP contribution in [0.4, 0.5) is 4.79 Å². The van der Waals surface area contributed by atoms with Crippen LogP contribution in [0.2, 0.25) is 0 Å². The maximum atomic E-state index is 13.7. The number of carbonyl (C=O) groups excluding carboxylic acids is 2. The molecule has 2 heterocycles. The number of nitrogens with one attached hydrogen (secondary N) is 2. The summed E-state index contributed by atoms with van der Waals surface area (Å²) in [6.07, 6.45) is 0.330. The molecule has 2 aliphatic heterocycles. The van der Waals surface area contributed by atoms with E-state index in [1.807, 2.05) is 44.2 Å². The van der Waals surface area contributed by atoms with E-state index in [4.69, 9.17) is 9.94 Å². The molecular formula is C27H34N4O7S. The lowest BCUT2D eigenvalue weighted by Crippen LogP contribution is -2.51. The van der Waals surface area contributed by atoms with Gasteiger partial charge < -0.3 is 14.8 Å². The normalized spacial score (nSPS) is 22.4. The number of rotatable bonds is 8. The molecule has 12 heteroatoms. The van der Waals surface area contributed by atoms with Crippen molar-refractivity contribution in [2.75, 3.05) is 13.1 Å². The zero-order valence-corrected chi connectivity index (χ0v) is 22.8. The zero-order chi connectivity index (χ0) is 28.2. The summed E-state index contributed by atoms with van der Waals surface area (Å²) in [6, 6.07) is 13.7. The molecule has 2 saturated heterocycles. The molecule has 210 valence electrons. The number of hydrogen-bond donors (Lipinski definition) is 3. The average molecular weight is 559 g/mol. The van der Waals surface area contributed by atoms with Gasteiger partial charge in [0.1, 0.15) is 12.1 Å². The molecule has 4 atom stereocenters. The number of hydrogen-bond acceptors (Lipinski definition) is 7. The van der Waals surface area contributed by atoms with Crippen LogP contribution in [0.5, 0.6) is 0 Å². The van der Waals surface area contributed by atoms with Crippen molar-refractivity contribution in [3.63, 3.8) is 0 Å². The molecule has 2 aromatic rings. The Morgan fingerprint density at radius 1 is 1.10 bits per heavy atom. The molecule has 39 heavy (non-hydrogen) atoms. The molecule has 2 fully saturated rings. The van der Waals surface area contributed by atoms with Gasteiger partial charge in [-0.05, 0) is 57.2 Å². The van der Waals surface area contributed by atoms with Gasteiger partial charge in [-0.25, -0.2) is 18.0 Å². The van der Waals surface area contributed by atoms with Crippen LogP contribution in [0, 0.1) is 6.92 Å². The quantitative estimate of drug-likeness (QED) is 0.418. The summed E-state index contributed by atoms with van der Waals surface area (Å²) in [5.74, 6) is -1.04. The highest BCUT2D eigenvalue weighted by atomic mass is 32.2. The highest BCUT2D eigenvalue weighted by Gasteiger charge is 2.44. The maximum absolute atomic E-state index is 13.7. The summed E-state index contributed by atoms with van der Waals surface area (Å²) >= 11 is 0. The van der Waals surface area contributed by atoms with Gasteiger partial charge >= 0.3 is 12.1 Å². The third kappa shape index (κ3) is 6.75. The van der Waals surface area contributed by atoms with Crippen LogP contribution in [0.15, 0.2) is 59.5 Å². The molecule has 0 saturated carbocycles. The molecule has 2 amide bonds. The number of carbonyl (C=O) groups is 3. The molecule has 0 aliphatic carbocycles. The third-order valence-electron chi connectivity index (χ3n) is 7.22. The second kappa shape index (κ2) is 12.1. The molecule has 4 rings (SSSR count). The van der Waals surface area contributed by atoms with Crippen molar-refractivity contribution >= 4 is 28.0 Å². The molecule has 0 spiro atoms. The minimum atomic E-state index is -3.83. The molecule has 3 N–H and O–H groups in total. The van der Waals surface area contributed by atoms with Gasteiger partial charge in [-0.3, -0.25) is 10.1 Å². The molecule has 0 aromatic heterocycles. The molecule has 0 radical (unpaired) electrons. The number of aryl methyl sites for hydroxylation is 1. The Balaban J connectivity index is 1.46. The van der Waals surface area contributed by atoms with Crippen molar-refractivity contribution in [3.05, 3.63) is 65.7 Å². The van der Waals surface area contributed by atoms with Crippen molar-refractivity contribution in [1.29, 1.82) is 0 Å². The molecular weight excluding hydrogens is 524 g/mol. The molecule has 0 bridgehead atoms. The first kappa shape index (κ1) is 28.5. The Kier molecular flexibility index (Phi) is 8.88. The first-order valence-corrected chi connectivity index (χ1v) is 14.4. The fourth-order valence-corrected chi connectivity index (χ4v) is 6.93. The van der Waals surface area contributed by atoms with Crippen LogP contribution in [-0.4, -0.2) is 78.0 Å². The Labute approximate surface area is 228 Å². The highest BCUT2D eigenvalue weighted by Crippen LogP contribution is 2.30. The molecule has 2 aliphatic rings. The molecule has 11 nitrogen and oxygen atoms in total. The van der Waals surface area contributed by atoms with Crippen LogP contribution in [0.3, 0.4) is 0 Å². The van der Waals surface area contributed by atoms with E-state index in [9.17, 15) is 22.8 Å². The van der Waals surface area contributed by atoms with Crippen molar-refractivity contribution in [2.45, 2.75) is 68.6 Å². The lowest BCUT2D eigenvalue weighted by atomic mass is 10.0. The van der Waals surface area contributed by atoms with Gasteiger partial charge in [0.05, 0.1) is 4.90 Å². The number of carboxylic acid groups (broad SMARTS) is 1. The van der Waals surface area contributed by atoms with Gasteiger partial charge in [0.2, 0.25) is 15.9 Å². The summed E-state index contributed by atoms with van der Waals surface area (Å²) in [4.78, 5) is 43.7. The summed E-state index contributed by atoms with van der Waals surface area (Å²) in [6.45, 7) is 4.33. The predicted molar refractivity (Wildman–Crippen MR) is 142 cm³/mol. The zero-order valence-electron chi connectivity index (χ0n) is 21.9. The predicted octanol–water partition coefficient (Wildman–Crippen LogP) is 2.06. The standard InChI is InChI=1S/C27H34N4O7S/c1-18-10-12-22(13-11-18)39(36,37)31-14-6-9-24(31)25(32)30-17-21(15-19(30)2)28-23(26(33)38-29-27(34)35)16-20-7-4-3-5-8-20/h3-5,7-8,10-13,19,21,23-24,28-29H,6,9,14-17H2,1-2H3,(H,34,35)/t19?,21?,23-,24-/m0/s1. The van der Waals surface area contributed by atoms with Crippen LogP contribution in [-0.2, 0) is 30.9 Å². The summed E-state index contributed by atoms with van der Waals surface area (Å²) < 4.78 is 28.0. The summed E-state index contributed by atoms with van der Waals surface area (Å²) in [7, 11) is -3.83. The van der Waals surface area contributed by atoms with Crippen LogP contribution >= 0.6 is 0 Å². The van der Waals surface area contributed by atoms with Crippen molar-refractivity contribution in [2.24, 2.45) is 0 Å².